The lowest BCUT2D eigenvalue weighted by molar-refractivity contribution is 0.0725. The van der Waals surface area contributed by atoms with E-state index in [-0.39, 0.29) is 11.9 Å². The molecule has 152 valence electrons. The van der Waals surface area contributed by atoms with Crippen LogP contribution in [-0.4, -0.2) is 49.8 Å². The van der Waals surface area contributed by atoms with Crippen LogP contribution >= 0.6 is 11.6 Å². The normalized spacial score (nSPS) is 21.3. The highest BCUT2D eigenvalue weighted by Crippen LogP contribution is 2.39. The van der Waals surface area contributed by atoms with E-state index in [2.05, 4.69) is 5.10 Å². The standard InChI is InChI=1S/C21H23ClN4O3/c22-14-10-13-5-8-24(20(27)18-6-9-26(23-18)15-3-4-15)12-17(13)16(11-14)19-2-1-7-25(19)21(28)29/h6,9-11,15,19H,1-5,7-8,12H2,(H,28,29)/t19-/m0/s1. The number of halogens is 1. The molecule has 0 unspecified atom stereocenters. The summed E-state index contributed by atoms with van der Waals surface area (Å²) in [6.45, 7) is 1.60. The average Bonchev–Trinajstić information content (AvgIpc) is 3.24. The lowest BCUT2D eigenvalue weighted by Crippen LogP contribution is -2.38. The maximum absolute atomic E-state index is 13.1. The van der Waals surface area contributed by atoms with Crippen LogP contribution in [0.1, 0.15) is 64.9 Å². The molecule has 1 saturated carbocycles. The van der Waals surface area contributed by atoms with E-state index >= 15 is 0 Å². The van der Waals surface area contributed by atoms with Gasteiger partial charge in [-0.25, -0.2) is 4.79 Å². The molecule has 0 spiro atoms. The largest absolute Gasteiger partial charge is 0.465 e. The number of fused-ring (bicyclic) bond motifs is 1. The quantitative estimate of drug-likeness (QED) is 0.826. The van der Waals surface area contributed by atoms with E-state index in [1.807, 2.05) is 27.9 Å². The van der Waals surface area contributed by atoms with Crippen LogP contribution in [0.3, 0.4) is 0 Å². The van der Waals surface area contributed by atoms with Gasteiger partial charge in [0, 0.05) is 30.9 Å². The molecule has 0 bridgehead atoms. The van der Waals surface area contributed by atoms with E-state index in [1.165, 1.54) is 4.90 Å². The molecule has 1 atom stereocenters. The second kappa shape index (κ2) is 7.06. The zero-order valence-corrected chi connectivity index (χ0v) is 16.8. The van der Waals surface area contributed by atoms with Crippen molar-refractivity contribution in [2.24, 2.45) is 0 Å². The van der Waals surface area contributed by atoms with Crippen molar-refractivity contribution in [2.75, 3.05) is 13.1 Å². The third-order valence-electron chi connectivity index (χ3n) is 6.23. The number of amides is 2. The topological polar surface area (TPSA) is 78.7 Å². The summed E-state index contributed by atoms with van der Waals surface area (Å²) in [7, 11) is 0. The fourth-order valence-corrected chi connectivity index (χ4v) is 4.85. The number of hydrogen-bond acceptors (Lipinski definition) is 3. The van der Waals surface area contributed by atoms with Crippen molar-refractivity contribution >= 4 is 23.6 Å². The van der Waals surface area contributed by atoms with Gasteiger partial charge in [-0.1, -0.05) is 11.6 Å². The van der Waals surface area contributed by atoms with E-state index in [4.69, 9.17) is 11.6 Å². The molecular formula is C21H23ClN4O3. The SMILES string of the molecule is O=C(c1ccn(C2CC2)n1)N1CCc2cc(Cl)cc([C@@H]3CCCN3C(=O)O)c2C1. The summed E-state index contributed by atoms with van der Waals surface area (Å²) in [4.78, 5) is 28.0. The Morgan fingerprint density at radius 2 is 2.00 bits per heavy atom. The van der Waals surface area contributed by atoms with Crippen molar-refractivity contribution in [3.63, 3.8) is 0 Å². The number of benzene rings is 1. The third-order valence-corrected chi connectivity index (χ3v) is 6.45. The summed E-state index contributed by atoms with van der Waals surface area (Å²) in [5, 5.41) is 14.7. The number of carbonyl (C=O) groups excluding carboxylic acids is 1. The number of aromatic nitrogens is 2. The molecule has 3 aliphatic rings. The van der Waals surface area contributed by atoms with Crippen LogP contribution in [0.2, 0.25) is 5.02 Å². The molecule has 1 aromatic heterocycles. The molecule has 0 radical (unpaired) electrons. The second-order valence-electron chi connectivity index (χ2n) is 8.16. The van der Waals surface area contributed by atoms with Crippen LogP contribution in [0.15, 0.2) is 24.4 Å². The zero-order valence-electron chi connectivity index (χ0n) is 16.1. The van der Waals surface area contributed by atoms with Gasteiger partial charge >= 0.3 is 6.09 Å². The summed E-state index contributed by atoms with van der Waals surface area (Å²) >= 11 is 6.36. The smallest absolute Gasteiger partial charge is 0.407 e. The van der Waals surface area contributed by atoms with Gasteiger partial charge in [0.15, 0.2) is 0 Å². The fraction of sp³-hybridized carbons (Fsp3) is 0.476. The molecule has 5 rings (SSSR count). The maximum atomic E-state index is 13.1. The first-order valence-electron chi connectivity index (χ1n) is 10.2. The minimum atomic E-state index is -0.907. The first-order chi connectivity index (χ1) is 14.0. The van der Waals surface area contributed by atoms with Gasteiger partial charge in [0.25, 0.3) is 5.91 Å². The Kier molecular flexibility index (Phi) is 4.50. The van der Waals surface area contributed by atoms with Crippen LogP contribution < -0.4 is 0 Å². The molecule has 3 heterocycles. The van der Waals surface area contributed by atoms with E-state index in [0.717, 1.165) is 42.4 Å². The van der Waals surface area contributed by atoms with E-state index in [9.17, 15) is 14.7 Å². The lowest BCUT2D eigenvalue weighted by Gasteiger charge is -2.33. The summed E-state index contributed by atoms with van der Waals surface area (Å²) < 4.78 is 1.89. The van der Waals surface area contributed by atoms with Crippen molar-refractivity contribution in [1.29, 1.82) is 0 Å². The van der Waals surface area contributed by atoms with Gasteiger partial charge in [0.1, 0.15) is 5.69 Å². The van der Waals surface area contributed by atoms with Crippen LogP contribution in [0, 0.1) is 0 Å². The molecule has 2 fully saturated rings. The lowest BCUT2D eigenvalue weighted by atomic mass is 9.90. The summed E-state index contributed by atoms with van der Waals surface area (Å²) in [6.07, 6.45) is 5.54. The summed E-state index contributed by atoms with van der Waals surface area (Å²) in [5.74, 6) is -0.0718. The van der Waals surface area contributed by atoms with Crippen LogP contribution in [0.4, 0.5) is 4.79 Å². The molecule has 1 aliphatic carbocycles. The highest BCUT2D eigenvalue weighted by molar-refractivity contribution is 6.30. The Morgan fingerprint density at radius 1 is 1.17 bits per heavy atom. The number of rotatable bonds is 3. The predicted octanol–water partition coefficient (Wildman–Crippen LogP) is 3.88. The van der Waals surface area contributed by atoms with Crippen LogP contribution in [0.5, 0.6) is 0 Å². The first-order valence-corrected chi connectivity index (χ1v) is 10.5. The van der Waals surface area contributed by atoms with Crippen molar-refractivity contribution in [3.8, 4) is 0 Å². The molecule has 1 saturated heterocycles. The van der Waals surface area contributed by atoms with E-state index in [1.54, 1.807) is 6.07 Å². The Labute approximate surface area is 173 Å². The van der Waals surface area contributed by atoms with Crippen molar-refractivity contribution in [3.05, 3.63) is 51.8 Å². The van der Waals surface area contributed by atoms with Gasteiger partial charge in [0.05, 0.1) is 12.1 Å². The molecule has 2 aliphatic heterocycles. The Bertz CT molecular complexity index is 984. The van der Waals surface area contributed by atoms with Gasteiger partial charge in [0.2, 0.25) is 0 Å². The number of likely N-dealkylation sites (tertiary alicyclic amines) is 1. The van der Waals surface area contributed by atoms with Crippen molar-refractivity contribution in [2.45, 2.75) is 50.7 Å². The number of carboxylic acid groups (broad SMARTS) is 1. The van der Waals surface area contributed by atoms with Crippen molar-refractivity contribution in [1.82, 2.24) is 19.6 Å². The molecule has 1 aromatic carbocycles. The van der Waals surface area contributed by atoms with E-state index in [0.29, 0.717) is 42.8 Å². The Morgan fingerprint density at radius 3 is 2.76 bits per heavy atom. The minimum Gasteiger partial charge on any atom is -0.465 e. The number of hydrogen-bond donors (Lipinski definition) is 1. The first kappa shape index (κ1) is 18.5. The minimum absolute atomic E-state index is 0.0718. The molecule has 1 N–H and O–H groups in total. The van der Waals surface area contributed by atoms with Gasteiger partial charge in [-0.3, -0.25) is 9.48 Å². The molecular weight excluding hydrogens is 392 g/mol. The van der Waals surface area contributed by atoms with Gasteiger partial charge < -0.3 is 14.9 Å². The summed E-state index contributed by atoms with van der Waals surface area (Å²) in [5.41, 5.74) is 3.56. The van der Waals surface area contributed by atoms with Gasteiger partial charge in [-0.15, -0.1) is 0 Å². The summed E-state index contributed by atoms with van der Waals surface area (Å²) in [6, 6.07) is 5.86. The molecule has 7 nitrogen and oxygen atoms in total. The number of carbonyl (C=O) groups is 2. The average molecular weight is 415 g/mol. The third kappa shape index (κ3) is 3.37. The van der Waals surface area contributed by atoms with E-state index < -0.39 is 6.09 Å². The van der Waals surface area contributed by atoms with Crippen molar-refractivity contribution < 1.29 is 14.7 Å². The highest BCUT2D eigenvalue weighted by atomic mass is 35.5. The zero-order chi connectivity index (χ0) is 20.1. The van der Waals surface area contributed by atoms with Gasteiger partial charge in [-0.05, 0) is 67.0 Å². The molecule has 8 heteroatoms. The maximum Gasteiger partial charge on any atom is 0.407 e. The highest BCUT2D eigenvalue weighted by Gasteiger charge is 2.34. The number of nitrogens with zero attached hydrogens (tertiary/aromatic N) is 4. The molecule has 2 aromatic rings. The Hall–Kier alpha value is -2.54. The fourth-order valence-electron chi connectivity index (χ4n) is 4.60. The van der Waals surface area contributed by atoms with Crippen LogP contribution in [0.25, 0.3) is 0 Å². The molecule has 2 amide bonds. The van der Waals surface area contributed by atoms with Gasteiger partial charge in [-0.2, -0.15) is 5.10 Å². The monoisotopic (exact) mass is 414 g/mol. The second-order valence-corrected chi connectivity index (χ2v) is 8.59. The molecule has 29 heavy (non-hydrogen) atoms. The Balaban J connectivity index is 1.44. The van der Waals surface area contributed by atoms with Crippen LogP contribution in [-0.2, 0) is 13.0 Å². The predicted molar refractivity (Wildman–Crippen MR) is 107 cm³/mol.